The van der Waals surface area contributed by atoms with Gasteiger partial charge in [-0.1, -0.05) is 38.7 Å². The summed E-state index contributed by atoms with van der Waals surface area (Å²) in [6.45, 7) is 13.0. The summed E-state index contributed by atoms with van der Waals surface area (Å²) >= 11 is 0. The highest BCUT2D eigenvalue weighted by atomic mass is 28.3. The van der Waals surface area contributed by atoms with Gasteiger partial charge < -0.3 is 9.53 Å². The zero-order valence-corrected chi connectivity index (χ0v) is 16.4. The standard InChI is InChI=1S/C19H30O4Si/c1-13-11-17(21)19(18(22)23-9-10-24(3,4)5)14(2)7-6-8-16(19)15(13)12-20/h12-13,15-16H,2,6-11H2,1,3-5H3/t13-,15+,16+,19-/m1/s1. The number of fused-ring (bicyclic) bond motifs is 1. The van der Waals surface area contributed by atoms with Crippen LogP contribution in [-0.2, 0) is 19.1 Å². The van der Waals surface area contributed by atoms with Gasteiger partial charge in [0.15, 0.2) is 11.2 Å². The van der Waals surface area contributed by atoms with Crippen LogP contribution in [0.1, 0.15) is 32.6 Å². The molecule has 0 N–H and O–H groups in total. The number of ether oxygens (including phenoxy) is 1. The summed E-state index contributed by atoms with van der Waals surface area (Å²) < 4.78 is 5.58. The lowest BCUT2D eigenvalue weighted by Gasteiger charge is -2.49. The SMILES string of the molecule is C=C1CCC[C@H]2[C@@H](C=O)[C@H](C)CC(=O)[C@@]12C(=O)OCC[Si](C)(C)C. The quantitative estimate of drug-likeness (QED) is 0.250. The maximum Gasteiger partial charge on any atom is 0.324 e. The van der Waals surface area contributed by atoms with E-state index >= 15 is 0 Å². The lowest BCUT2D eigenvalue weighted by Crippen LogP contribution is -2.57. The summed E-state index contributed by atoms with van der Waals surface area (Å²) in [6, 6.07) is 0.869. The third kappa shape index (κ3) is 3.28. The highest BCUT2D eigenvalue weighted by Gasteiger charge is 2.61. The van der Waals surface area contributed by atoms with Gasteiger partial charge in [0, 0.05) is 20.4 Å². The number of carbonyl (C=O) groups is 3. The Kier molecular flexibility index (Phi) is 5.53. The summed E-state index contributed by atoms with van der Waals surface area (Å²) in [7, 11) is -1.33. The molecule has 0 aromatic carbocycles. The van der Waals surface area contributed by atoms with Crippen molar-refractivity contribution in [2.24, 2.45) is 23.2 Å². The smallest absolute Gasteiger partial charge is 0.324 e. The number of esters is 1. The molecule has 2 fully saturated rings. The largest absolute Gasteiger partial charge is 0.465 e. The molecular formula is C19H30O4Si. The van der Waals surface area contributed by atoms with E-state index < -0.39 is 19.5 Å². The van der Waals surface area contributed by atoms with E-state index in [0.29, 0.717) is 25.0 Å². The van der Waals surface area contributed by atoms with Gasteiger partial charge >= 0.3 is 5.97 Å². The summed E-state index contributed by atoms with van der Waals surface area (Å²) in [5.41, 5.74) is -0.629. The first-order valence-electron chi connectivity index (χ1n) is 8.98. The Labute approximate surface area is 146 Å². The average Bonchev–Trinajstić information content (AvgIpc) is 2.46. The van der Waals surface area contributed by atoms with Gasteiger partial charge in [-0.25, -0.2) is 0 Å². The van der Waals surface area contributed by atoms with Crippen LogP contribution in [0.5, 0.6) is 0 Å². The predicted molar refractivity (Wildman–Crippen MR) is 96.4 cm³/mol. The third-order valence-electron chi connectivity index (χ3n) is 5.74. The lowest BCUT2D eigenvalue weighted by atomic mass is 9.51. The molecule has 2 aliphatic rings. The van der Waals surface area contributed by atoms with Gasteiger partial charge in [-0.3, -0.25) is 9.59 Å². The first kappa shape index (κ1) is 19.1. The molecule has 2 saturated carbocycles. The molecule has 0 aromatic heterocycles. The Morgan fingerprint density at radius 3 is 2.67 bits per heavy atom. The van der Waals surface area contributed by atoms with Crippen LogP contribution in [0, 0.1) is 23.2 Å². The van der Waals surface area contributed by atoms with Crippen LogP contribution in [0.15, 0.2) is 12.2 Å². The second kappa shape index (κ2) is 6.94. The molecule has 2 rings (SSSR count). The van der Waals surface area contributed by atoms with Crippen molar-refractivity contribution in [3.05, 3.63) is 12.2 Å². The van der Waals surface area contributed by atoms with Crippen molar-refractivity contribution in [2.45, 2.75) is 58.3 Å². The fraction of sp³-hybridized carbons (Fsp3) is 0.737. The highest BCUT2D eigenvalue weighted by Crippen LogP contribution is 2.54. The van der Waals surface area contributed by atoms with Crippen LogP contribution in [0.4, 0.5) is 0 Å². The van der Waals surface area contributed by atoms with Crippen molar-refractivity contribution in [1.82, 2.24) is 0 Å². The summed E-state index contributed by atoms with van der Waals surface area (Å²) in [6.07, 6.45) is 3.43. The molecule has 0 saturated heterocycles. The lowest BCUT2D eigenvalue weighted by molar-refractivity contribution is -0.168. The van der Waals surface area contributed by atoms with Gasteiger partial charge in [0.2, 0.25) is 0 Å². The molecule has 0 aliphatic heterocycles. The van der Waals surface area contributed by atoms with Crippen molar-refractivity contribution in [3.63, 3.8) is 0 Å². The van der Waals surface area contributed by atoms with Crippen molar-refractivity contribution >= 4 is 26.1 Å². The number of ketones is 1. The summed E-state index contributed by atoms with van der Waals surface area (Å²) in [5.74, 6) is -1.13. The molecule has 0 heterocycles. The third-order valence-corrected chi connectivity index (χ3v) is 7.44. The van der Waals surface area contributed by atoms with Crippen LogP contribution >= 0.6 is 0 Å². The van der Waals surface area contributed by atoms with E-state index in [1.165, 1.54) is 0 Å². The molecule has 2 aliphatic carbocycles. The van der Waals surface area contributed by atoms with Crippen LogP contribution in [0.3, 0.4) is 0 Å². The molecular weight excluding hydrogens is 320 g/mol. The average molecular weight is 351 g/mol. The summed E-state index contributed by atoms with van der Waals surface area (Å²) in [4.78, 5) is 37.7. The van der Waals surface area contributed by atoms with Gasteiger partial charge in [-0.05, 0) is 37.1 Å². The van der Waals surface area contributed by atoms with E-state index in [-0.39, 0.29) is 30.0 Å². The van der Waals surface area contributed by atoms with Gasteiger partial charge in [0.05, 0.1) is 6.61 Å². The minimum atomic E-state index is -1.33. The molecule has 24 heavy (non-hydrogen) atoms. The summed E-state index contributed by atoms with van der Waals surface area (Å²) in [5, 5.41) is 0. The molecule has 0 aromatic rings. The normalized spacial score (nSPS) is 33.8. The highest BCUT2D eigenvalue weighted by molar-refractivity contribution is 6.76. The zero-order valence-electron chi connectivity index (χ0n) is 15.4. The number of Topliss-reactive ketones (excluding diaryl/α,β-unsaturated/α-hetero) is 1. The number of hydrogen-bond donors (Lipinski definition) is 0. The van der Waals surface area contributed by atoms with E-state index in [0.717, 1.165) is 18.8 Å². The minimum absolute atomic E-state index is 0.0196. The van der Waals surface area contributed by atoms with E-state index in [1.807, 2.05) is 6.92 Å². The molecule has 134 valence electrons. The van der Waals surface area contributed by atoms with Crippen LogP contribution in [0.2, 0.25) is 25.7 Å². The Hall–Kier alpha value is -1.23. The van der Waals surface area contributed by atoms with Crippen LogP contribution in [0.25, 0.3) is 0 Å². The van der Waals surface area contributed by atoms with Crippen molar-refractivity contribution in [2.75, 3.05) is 6.61 Å². The fourth-order valence-corrected chi connectivity index (χ4v) is 5.00. The fourth-order valence-electron chi connectivity index (χ4n) is 4.28. The van der Waals surface area contributed by atoms with E-state index in [4.69, 9.17) is 4.74 Å². The maximum absolute atomic E-state index is 13.0. The van der Waals surface area contributed by atoms with Crippen molar-refractivity contribution in [3.8, 4) is 0 Å². The first-order valence-corrected chi connectivity index (χ1v) is 12.7. The number of carbonyl (C=O) groups excluding carboxylic acids is 3. The molecule has 0 bridgehead atoms. The maximum atomic E-state index is 13.0. The van der Waals surface area contributed by atoms with Crippen molar-refractivity contribution < 1.29 is 19.1 Å². The van der Waals surface area contributed by atoms with Gasteiger partial charge in [-0.15, -0.1) is 0 Å². The van der Waals surface area contributed by atoms with E-state index in [9.17, 15) is 14.4 Å². The molecule has 4 atom stereocenters. The molecule has 5 heteroatoms. The Morgan fingerprint density at radius 1 is 1.42 bits per heavy atom. The number of hydrogen-bond acceptors (Lipinski definition) is 4. The first-order chi connectivity index (χ1) is 11.1. The monoisotopic (exact) mass is 350 g/mol. The Balaban J connectivity index is 2.31. The Morgan fingerprint density at radius 2 is 2.08 bits per heavy atom. The predicted octanol–water partition coefficient (Wildman–Crippen LogP) is 3.63. The minimum Gasteiger partial charge on any atom is -0.465 e. The van der Waals surface area contributed by atoms with E-state index in [2.05, 4.69) is 26.2 Å². The van der Waals surface area contributed by atoms with Crippen LogP contribution in [-0.4, -0.2) is 32.7 Å². The molecule has 4 nitrogen and oxygen atoms in total. The molecule has 0 spiro atoms. The van der Waals surface area contributed by atoms with Gasteiger partial charge in [-0.2, -0.15) is 0 Å². The van der Waals surface area contributed by atoms with Crippen LogP contribution < -0.4 is 0 Å². The number of aldehydes is 1. The second-order valence-corrected chi connectivity index (χ2v) is 14.3. The Bertz CT molecular complexity index is 548. The van der Waals surface area contributed by atoms with Gasteiger partial charge in [0.1, 0.15) is 6.29 Å². The zero-order chi connectivity index (χ0) is 18.1. The molecule has 0 amide bonds. The number of rotatable bonds is 5. The van der Waals surface area contributed by atoms with E-state index in [1.54, 1.807) is 0 Å². The van der Waals surface area contributed by atoms with Crippen molar-refractivity contribution in [1.29, 1.82) is 0 Å². The topological polar surface area (TPSA) is 60.4 Å². The van der Waals surface area contributed by atoms with Gasteiger partial charge in [0.25, 0.3) is 0 Å². The second-order valence-electron chi connectivity index (χ2n) is 8.67. The molecule has 0 unspecified atom stereocenters. The molecule has 0 radical (unpaired) electrons.